The summed E-state index contributed by atoms with van der Waals surface area (Å²) in [5, 5.41) is 9.14. The lowest BCUT2D eigenvalue weighted by atomic mass is 10.1. The topological polar surface area (TPSA) is 20.2 Å². The second-order valence-electron chi connectivity index (χ2n) is 2.33. The zero-order valence-corrected chi connectivity index (χ0v) is 7.60. The molecule has 60 valence electrons. The maximum Gasteiger partial charge on any atom is 0.130 e. The normalized spacial score (nSPS) is 13.0. The Morgan fingerprint density at radius 3 is 2.64 bits per heavy atom. The zero-order valence-electron chi connectivity index (χ0n) is 6.01. The minimum Gasteiger partial charge on any atom is -0.507 e. The Morgan fingerprint density at radius 1 is 1.55 bits per heavy atom. The summed E-state index contributed by atoms with van der Waals surface area (Å²) < 4.78 is 13.2. The molecule has 0 aromatic heterocycles. The summed E-state index contributed by atoms with van der Waals surface area (Å²) in [6, 6.07) is 4.67. The fourth-order valence-corrected chi connectivity index (χ4v) is 1.02. The van der Waals surface area contributed by atoms with Crippen LogP contribution in [-0.2, 0) is 0 Å². The molecule has 0 radical (unpaired) electrons. The van der Waals surface area contributed by atoms with Crippen LogP contribution in [0.3, 0.4) is 0 Å². The highest BCUT2D eigenvalue weighted by atomic mass is 79.9. The predicted molar refractivity (Wildman–Crippen MR) is 45.3 cm³/mol. The minimum atomic E-state index is -1.03. The molecule has 0 heterocycles. The van der Waals surface area contributed by atoms with Crippen LogP contribution in [0.2, 0.25) is 0 Å². The highest BCUT2D eigenvalue weighted by Gasteiger charge is 2.04. The molecule has 0 bridgehead atoms. The van der Waals surface area contributed by atoms with Gasteiger partial charge in [0.2, 0.25) is 0 Å². The molecule has 0 fully saturated rings. The smallest absolute Gasteiger partial charge is 0.130 e. The lowest BCUT2D eigenvalue weighted by Gasteiger charge is -2.03. The van der Waals surface area contributed by atoms with Gasteiger partial charge >= 0.3 is 0 Å². The Kier molecular flexibility index (Phi) is 2.49. The van der Waals surface area contributed by atoms with E-state index in [1.54, 1.807) is 12.1 Å². The van der Waals surface area contributed by atoms with E-state index in [9.17, 15) is 4.39 Å². The van der Waals surface area contributed by atoms with Gasteiger partial charge in [0.1, 0.15) is 11.9 Å². The van der Waals surface area contributed by atoms with E-state index in [4.69, 9.17) is 5.11 Å². The molecule has 0 saturated heterocycles. The molecule has 0 spiro atoms. The van der Waals surface area contributed by atoms with E-state index in [1.807, 2.05) is 0 Å². The van der Waals surface area contributed by atoms with E-state index in [-0.39, 0.29) is 5.75 Å². The highest BCUT2D eigenvalue weighted by Crippen LogP contribution is 2.27. The number of phenolic OH excluding ortho intramolecular Hbond substituents is 1. The molecule has 0 aliphatic carbocycles. The van der Waals surface area contributed by atoms with Crippen molar-refractivity contribution >= 4 is 15.9 Å². The standard InChI is InChI=1S/C8H8BrFO/c1-5(10)6-2-3-7(9)8(11)4-6/h2-5,11H,1H3. The van der Waals surface area contributed by atoms with Crippen LogP contribution in [0.25, 0.3) is 0 Å². The Morgan fingerprint density at radius 2 is 2.18 bits per heavy atom. The highest BCUT2D eigenvalue weighted by molar-refractivity contribution is 9.10. The molecule has 1 nitrogen and oxygen atoms in total. The molecule has 0 saturated carbocycles. The first kappa shape index (κ1) is 8.53. The first-order valence-electron chi connectivity index (χ1n) is 3.23. The molecule has 0 aliphatic heterocycles. The number of hydrogen-bond donors (Lipinski definition) is 1. The molecule has 1 atom stereocenters. The van der Waals surface area contributed by atoms with Crippen LogP contribution >= 0.6 is 15.9 Å². The van der Waals surface area contributed by atoms with Gasteiger partial charge in [-0.05, 0) is 40.5 Å². The molecule has 1 aromatic rings. The third-order valence-corrected chi connectivity index (χ3v) is 2.10. The first-order valence-corrected chi connectivity index (χ1v) is 4.03. The quantitative estimate of drug-likeness (QED) is 0.768. The molecule has 1 rings (SSSR count). The summed E-state index contributed by atoms with van der Waals surface area (Å²) >= 11 is 3.11. The van der Waals surface area contributed by atoms with Crippen molar-refractivity contribution in [1.29, 1.82) is 0 Å². The van der Waals surface area contributed by atoms with Gasteiger partial charge < -0.3 is 5.11 Å². The van der Waals surface area contributed by atoms with Crippen LogP contribution in [0.1, 0.15) is 18.7 Å². The fourth-order valence-electron chi connectivity index (χ4n) is 0.777. The Hall–Kier alpha value is -0.570. The van der Waals surface area contributed by atoms with Crippen LogP contribution in [-0.4, -0.2) is 5.11 Å². The first-order chi connectivity index (χ1) is 5.11. The molecular weight excluding hydrogens is 211 g/mol. The number of halogens is 2. The second kappa shape index (κ2) is 3.22. The number of hydrogen-bond acceptors (Lipinski definition) is 1. The fraction of sp³-hybridized carbons (Fsp3) is 0.250. The summed E-state index contributed by atoms with van der Waals surface area (Å²) in [5.74, 6) is 0.0759. The van der Waals surface area contributed by atoms with Gasteiger partial charge in [-0.3, -0.25) is 0 Å². The maximum absolute atomic E-state index is 12.6. The van der Waals surface area contributed by atoms with Gasteiger partial charge in [-0.25, -0.2) is 4.39 Å². The van der Waals surface area contributed by atoms with Gasteiger partial charge in [-0.2, -0.15) is 0 Å². The van der Waals surface area contributed by atoms with Crippen molar-refractivity contribution in [1.82, 2.24) is 0 Å². The summed E-state index contributed by atoms with van der Waals surface area (Å²) in [6.07, 6.45) is -1.03. The van der Waals surface area contributed by atoms with Crippen molar-refractivity contribution in [3.8, 4) is 5.75 Å². The molecule has 3 heteroatoms. The Balaban J connectivity index is 3.05. The molecule has 1 unspecified atom stereocenters. The third-order valence-electron chi connectivity index (χ3n) is 1.43. The number of alkyl halides is 1. The van der Waals surface area contributed by atoms with Crippen molar-refractivity contribution < 1.29 is 9.50 Å². The van der Waals surface area contributed by atoms with Gasteiger partial charge in [0.25, 0.3) is 0 Å². The largest absolute Gasteiger partial charge is 0.507 e. The monoisotopic (exact) mass is 218 g/mol. The third kappa shape index (κ3) is 1.93. The van der Waals surface area contributed by atoms with Crippen LogP contribution in [0.4, 0.5) is 4.39 Å². The summed E-state index contributed by atoms with van der Waals surface area (Å²) in [5.41, 5.74) is 0.491. The van der Waals surface area contributed by atoms with Gasteiger partial charge in [-0.15, -0.1) is 0 Å². The van der Waals surface area contributed by atoms with E-state index in [2.05, 4.69) is 15.9 Å². The van der Waals surface area contributed by atoms with E-state index < -0.39 is 6.17 Å². The predicted octanol–water partition coefficient (Wildman–Crippen LogP) is 3.19. The van der Waals surface area contributed by atoms with Crippen molar-refractivity contribution in [2.45, 2.75) is 13.1 Å². The lowest BCUT2D eigenvalue weighted by molar-refractivity contribution is 0.371. The van der Waals surface area contributed by atoms with Crippen molar-refractivity contribution in [2.75, 3.05) is 0 Å². The van der Waals surface area contributed by atoms with Crippen LogP contribution in [0.15, 0.2) is 22.7 Å². The number of rotatable bonds is 1. The molecule has 0 aliphatic rings. The van der Waals surface area contributed by atoms with Gasteiger partial charge in [0.05, 0.1) is 4.47 Å². The van der Waals surface area contributed by atoms with E-state index in [1.165, 1.54) is 13.0 Å². The van der Waals surface area contributed by atoms with E-state index in [0.717, 1.165) is 0 Å². The van der Waals surface area contributed by atoms with Crippen molar-refractivity contribution in [2.24, 2.45) is 0 Å². The summed E-state index contributed by atoms with van der Waals surface area (Å²) in [4.78, 5) is 0. The number of phenols is 1. The minimum absolute atomic E-state index is 0.0759. The molecule has 1 aromatic carbocycles. The second-order valence-corrected chi connectivity index (χ2v) is 3.18. The van der Waals surface area contributed by atoms with Crippen LogP contribution in [0.5, 0.6) is 5.75 Å². The molecule has 1 N–H and O–H groups in total. The zero-order chi connectivity index (χ0) is 8.43. The van der Waals surface area contributed by atoms with Crippen molar-refractivity contribution in [3.05, 3.63) is 28.2 Å². The number of aromatic hydroxyl groups is 1. The Labute approximate surface area is 73.0 Å². The Bertz CT molecular complexity index is 260. The van der Waals surface area contributed by atoms with Gasteiger partial charge in [-0.1, -0.05) is 6.07 Å². The van der Waals surface area contributed by atoms with Crippen LogP contribution < -0.4 is 0 Å². The van der Waals surface area contributed by atoms with Crippen molar-refractivity contribution in [3.63, 3.8) is 0 Å². The van der Waals surface area contributed by atoms with E-state index >= 15 is 0 Å². The summed E-state index contributed by atoms with van der Waals surface area (Å²) in [7, 11) is 0. The van der Waals surface area contributed by atoms with Crippen LogP contribution in [0, 0.1) is 0 Å². The lowest BCUT2D eigenvalue weighted by Crippen LogP contribution is -1.84. The van der Waals surface area contributed by atoms with E-state index in [0.29, 0.717) is 10.0 Å². The average Bonchev–Trinajstić information content (AvgIpc) is 1.94. The van der Waals surface area contributed by atoms with Gasteiger partial charge in [0, 0.05) is 0 Å². The maximum atomic E-state index is 12.6. The molecule has 11 heavy (non-hydrogen) atoms. The average molecular weight is 219 g/mol. The summed E-state index contributed by atoms with van der Waals surface area (Å²) in [6.45, 7) is 1.43. The molecular formula is C8H8BrFO. The molecule has 0 amide bonds. The SMILES string of the molecule is CC(F)c1ccc(Br)c(O)c1. The number of benzene rings is 1. The van der Waals surface area contributed by atoms with Gasteiger partial charge in [0.15, 0.2) is 0 Å².